The number of ketones is 1. The number of anilines is 2. The van der Waals surface area contributed by atoms with E-state index in [1.165, 1.54) is 6.33 Å². The molecule has 31 heavy (non-hydrogen) atoms. The molecule has 1 saturated carbocycles. The Morgan fingerprint density at radius 3 is 2.81 bits per heavy atom. The molecule has 0 radical (unpaired) electrons. The minimum Gasteiger partial charge on any atom is -0.338 e. The molecule has 2 aromatic heterocycles. The molecule has 7 nitrogen and oxygen atoms in total. The molecule has 5 rings (SSSR count). The van der Waals surface area contributed by atoms with Gasteiger partial charge in [0.1, 0.15) is 11.8 Å². The Kier molecular flexibility index (Phi) is 4.76. The molecule has 1 aliphatic carbocycles. The van der Waals surface area contributed by atoms with Gasteiger partial charge in [0.15, 0.2) is 11.6 Å². The molecular formula is C24H27N5O2. The van der Waals surface area contributed by atoms with Crippen LogP contribution in [-0.2, 0) is 6.54 Å². The average Bonchev–Trinajstić information content (AvgIpc) is 3.45. The smallest absolute Gasteiger partial charge is 0.256 e. The van der Waals surface area contributed by atoms with E-state index in [-0.39, 0.29) is 11.7 Å². The van der Waals surface area contributed by atoms with Crippen molar-refractivity contribution in [3.05, 3.63) is 52.5 Å². The molecular weight excluding hydrogens is 390 g/mol. The van der Waals surface area contributed by atoms with E-state index in [1.807, 2.05) is 41.5 Å². The molecule has 3 heterocycles. The van der Waals surface area contributed by atoms with Crippen LogP contribution in [0, 0.1) is 19.8 Å². The second-order valence-electron chi connectivity index (χ2n) is 8.77. The van der Waals surface area contributed by atoms with Gasteiger partial charge in [-0.15, -0.1) is 0 Å². The van der Waals surface area contributed by atoms with Gasteiger partial charge in [-0.25, -0.2) is 9.50 Å². The molecule has 0 unspecified atom stereocenters. The van der Waals surface area contributed by atoms with Gasteiger partial charge in [0.05, 0.1) is 17.8 Å². The Hall–Kier alpha value is -3.22. The van der Waals surface area contributed by atoms with Gasteiger partial charge in [-0.3, -0.25) is 9.59 Å². The number of nitrogens with zero attached hydrogens (tertiary/aromatic N) is 4. The van der Waals surface area contributed by atoms with Gasteiger partial charge in [-0.2, -0.15) is 5.10 Å². The van der Waals surface area contributed by atoms with Crippen molar-refractivity contribution in [2.24, 2.45) is 5.92 Å². The van der Waals surface area contributed by atoms with E-state index < -0.39 is 0 Å². The van der Waals surface area contributed by atoms with Gasteiger partial charge in [0.2, 0.25) is 0 Å². The van der Waals surface area contributed by atoms with Crippen LogP contribution in [-0.4, -0.2) is 37.7 Å². The Labute approximate surface area is 181 Å². The van der Waals surface area contributed by atoms with Crippen LogP contribution in [0.25, 0.3) is 5.52 Å². The highest BCUT2D eigenvalue weighted by Crippen LogP contribution is 2.36. The minimum absolute atomic E-state index is 0.0645. The lowest BCUT2D eigenvalue weighted by atomic mass is 10.0. The second kappa shape index (κ2) is 7.48. The third-order valence-corrected chi connectivity index (χ3v) is 6.38. The summed E-state index contributed by atoms with van der Waals surface area (Å²) in [7, 11) is 0. The monoisotopic (exact) mass is 417 g/mol. The van der Waals surface area contributed by atoms with E-state index in [4.69, 9.17) is 0 Å². The van der Waals surface area contributed by atoms with Crippen LogP contribution in [0.15, 0.2) is 24.5 Å². The van der Waals surface area contributed by atoms with Gasteiger partial charge in [0, 0.05) is 24.2 Å². The molecule has 0 saturated heterocycles. The van der Waals surface area contributed by atoms with E-state index in [2.05, 4.69) is 22.3 Å². The van der Waals surface area contributed by atoms with Crippen molar-refractivity contribution in [1.82, 2.24) is 19.5 Å². The zero-order chi connectivity index (χ0) is 21.7. The van der Waals surface area contributed by atoms with E-state index in [1.54, 1.807) is 0 Å². The molecule has 0 atom stereocenters. The Balaban J connectivity index is 1.51. The molecule has 1 amide bonds. The number of aromatic nitrogens is 3. The molecule has 7 heteroatoms. The number of amides is 1. The van der Waals surface area contributed by atoms with Crippen LogP contribution in [0.1, 0.15) is 70.1 Å². The largest absolute Gasteiger partial charge is 0.338 e. The summed E-state index contributed by atoms with van der Waals surface area (Å²) in [5, 5.41) is 7.86. The summed E-state index contributed by atoms with van der Waals surface area (Å²) in [6.07, 6.45) is 5.39. The van der Waals surface area contributed by atoms with Gasteiger partial charge >= 0.3 is 0 Å². The number of Topliss-reactive ketones (excluding diaryl/α,β-unsaturated/α-hetero) is 1. The summed E-state index contributed by atoms with van der Waals surface area (Å²) in [5.41, 5.74) is 5.96. The first-order chi connectivity index (χ1) is 15.0. The first-order valence-electron chi connectivity index (χ1n) is 11.0. The number of rotatable bonds is 7. The van der Waals surface area contributed by atoms with Crippen LogP contribution < -0.4 is 5.32 Å². The minimum atomic E-state index is 0.0645. The predicted octanol–water partition coefficient (Wildman–Crippen LogP) is 4.44. The van der Waals surface area contributed by atoms with Crippen LogP contribution in [0.4, 0.5) is 11.5 Å². The standard InChI is InChI=1S/C24H27N5O2/c1-4-9-28-12-19-21(24(28)31)15(3)22-23(25-13-26-29(19)22)27-18-11-17(8-5-14(18)2)20(30)10-16-6-7-16/h5,8,11,13,16H,4,6-7,9-10,12H2,1-3H3,(H,25,26,27). The van der Waals surface area contributed by atoms with Gasteiger partial charge in [-0.05, 0) is 56.2 Å². The Morgan fingerprint density at radius 1 is 1.26 bits per heavy atom. The SMILES string of the molecule is CCCN1Cc2c(c(C)c3c(Nc4cc(C(=O)CC5CC5)ccc4C)ncnn23)C1=O. The van der Waals surface area contributed by atoms with Crippen molar-refractivity contribution in [1.29, 1.82) is 0 Å². The van der Waals surface area contributed by atoms with Crippen LogP contribution in [0.5, 0.6) is 0 Å². The van der Waals surface area contributed by atoms with Crippen LogP contribution in [0.3, 0.4) is 0 Å². The first kappa shape index (κ1) is 19.7. The summed E-state index contributed by atoms with van der Waals surface area (Å²) in [6.45, 7) is 7.35. The van der Waals surface area contributed by atoms with Crippen molar-refractivity contribution in [3.8, 4) is 0 Å². The number of carbonyl (C=O) groups excluding carboxylic acids is 2. The summed E-state index contributed by atoms with van der Waals surface area (Å²) < 4.78 is 1.84. The number of carbonyl (C=O) groups is 2. The molecule has 1 N–H and O–H groups in total. The lowest BCUT2D eigenvalue weighted by molar-refractivity contribution is 0.0776. The zero-order valence-corrected chi connectivity index (χ0v) is 18.2. The average molecular weight is 418 g/mol. The highest BCUT2D eigenvalue weighted by atomic mass is 16.2. The van der Waals surface area contributed by atoms with Gasteiger partial charge in [0.25, 0.3) is 5.91 Å². The highest BCUT2D eigenvalue weighted by Gasteiger charge is 2.34. The second-order valence-corrected chi connectivity index (χ2v) is 8.77. The highest BCUT2D eigenvalue weighted by molar-refractivity contribution is 6.03. The molecule has 1 aromatic carbocycles. The Morgan fingerprint density at radius 2 is 2.06 bits per heavy atom. The van der Waals surface area contributed by atoms with E-state index in [0.717, 1.165) is 65.0 Å². The lowest BCUT2D eigenvalue weighted by Gasteiger charge is -2.16. The van der Waals surface area contributed by atoms with E-state index in [9.17, 15) is 9.59 Å². The molecule has 0 spiro atoms. The topological polar surface area (TPSA) is 79.6 Å². The number of hydrogen-bond acceptors (Lipinski definition) is 5. The zero-order valence-electron chi connectivity index (χ0n) is 18.2. The van der Waals surface area contributed by atoms with Crippen molar-refractivity contribution in [3.63, 3.8) is 0 Å². The van der Waals surface area contributed by atoms with Crippen molar-refractivity contribution in [2.75, 3.05) is 11.9 Å². The van der Waals surface area contributed by atoms with E-state index >= 15 is 0 Å². The number of fused-ring (bicyclic) bond motifs is 3. The number of nitrogens with one attached hydrogen (secondary N) is 1. The first-order valence-corrected chi connectivity index (χ1v) is 11.0. The fourth-order valence-electron chi connectivity index (χ4n) is 4.48. The molecule has 1 fully saturated rings. The van der Waals surface area contributed by atoms with Crippen LogP contribution >= 0.6 is 0 Å². The Bertz CT molecular complexity index is 1210. The maximum absolute atomic E-state index is 12.9. The number of aryl methyl sites for hydroxylation is 2. The lowest BCUT2D eigenvalue weighted by Crippen LogP contribution is -2.25. The van der Waals surface area contributed by atoms with Gasteiger partial charge < -0.3 is 10.2 Å². The molecule has 1 aliphatic heterocycles. The third-order valence-electron chi connectivity index (χ3n) is 6.38. The summed E-state index contributed by atoms with van der Waals surface area (Å²) in [5.74, 6) is 1.46. The summed E-state index contributed by atoms with van der Waals surface area (Å²) in [6, 6.07) is 5.79. The molecule has 2 aliphatic rings. The number of hydrogen-bond donors (Lipinski definition) is 1. The van der Waals surface area contributed by atoms with Crippen molar-refractivity contribution in [2.45, 2.75) is 53.0 Å². The maximum atomic E-state index is 12.9. The maximum Gasteiger partial charge on any atom is 0.256 e. The van der Waals surface area contributed by atoms with Crippen LogP contribution in [0.2, 0.25) is 0 Å². The summed E-state index contributed by atoms with van der Waals surface area (Å²) >= 11 is 0. The predicted molar refractivity (Wildman–Crippen MR) is 119 cm³/mol. The van der Waals surface area contributed by atoms with E-state index in [0.29, 0.717) is 24.7 Å². The van der Waals surface area contributed by atoms with Gasteiger partial charge in [-0.1, -0.05) is 19.1 Å². The molecule has 160 valence electrons. The van der Waals surface area contributed by atoms with Crippen molar-refractivity contribution < 1.29 is 9.59 Å². The fraction of sp³-hybridized carbons (Fsp3) is 0.417. The third kappa shape index (κ3) is 3.38. The fourth-order valence-corrected chi connectivity index (χ4v) is 4.48. The quantitative estimate of drug-likeness (QED) is 0.575. The normalized spacial score (nSPS) is 15.6. The molecule has 0 bridgehead atoms. The van der Waals surface area contributed by atoms with Crippen molar-refractivity contribution >= 4 is 28.7 Å². The molecule has 3 aromatic rings. The summed E-state index contributed by atoms with van der Waals surface area (Å²) in [4.78, 5) is 31.9. The number of benzene rings is 1.